The van der Waals surface area contributed by atoms with Crippen molar-refractivity contribution in [3.63, 3.8) is 0 Å². The van der Waals surface area contributed by atoms with Crippen LogP contribution in [0.3, 0.4) is 0 Å². The highest BCUT2D eigenvalue weighted by molar-refractivity contribution is 8.26. The second-order valence-corrected chi connectivity index (χ2v) is 8.34. The summed E-state index contributed by atoms with van der Waals surface area (Å²) in [6, 6.07) is 14.4. The number of nitrogens with one attached hydrogen (secondary N) is 1. The van der Waals surface area contributed by atoms with Gasteiger partial charge in [-0.3, -0.25) is 15.0 Å². The fourth-order valence-electron chi connectivity index (χ4n) is 2.85. The molecule has 0 unspecified atom stereocenters. The van der Waals surface area contributed by atoms with E-state index in [9.17, 15) is 9.59 Å². The highest BCUT2D eigenvalue weighted by atomic mass is 35.5. The summed E-state index contributed by atoms with van der Waals surface area (Å²) in [6.07, 6.45) is 1.78. The standard InChI is InChI=1S/C21H20ClN3O2S2/c1-3-24(4-2)17-11-5-14(6-12-17)13-18-20(27)25(21(28)29-18)23-19(26)15-7-9-16(22)10-8-15/h5-13H,3-4H2,1-2H3,(H,23,26)/b18-13+. The summed E-state index contributed by atoms with van der Waals surface area (Å²) in [5.74, 6) is -0.780. The number of nitrogens with zero attached hydrogens (tertiary/aromatic N) is 2. The molecule has 0 spiro atoms. The average Bonchev–Trinajstić information content (AvgIpc) is 2.98. The predicted octanol–water partition coefficient (Wildman–Crippen LogP) is 4.73. The van der Waals surface area contributed by atoms with Crippen LogP contribution in [0.5, 0.6) is 0 Å². The van der Waals surface area contributed by atoms with Gasteiger partial charge in [-0.25, -0.2) is 0 Å². The van der Waals surface area contributed by atoms with Crippen LogP contribution in [0.4, 0.5) is 5.69 Å². The van der Waals surface area contributed by atoms with Gasteiger partial charge in [0.15, 0.2) is 4.32 Å². The maximum Gasteiger partial charge on any atom is 0.285 e. The molecule has 1 aliphatic heterocycles. The zero-order valence-corrected chi connectivity index (χ0v) is 18.4. The molecule has 2 aromatic rings. The van der Waals surface area contributed by atoms with Gasteiger partial charge in [-0.05, 0) is 74.1 Å². The van der Waals surface area contributed by atoms with E-state index in [1.165, 1.54) is 0 Å². The first-order valence-corrected chi connectivity index (χ1v) is 10.7. The fraction of sp³-hybridized carbons (Fsp3) is 0.190. The lowest BCUT2D eigenvalue weighted by molar-refractivity contribution is -0.123. The van der Waals surface area contributed by atoms with Crippen LogP contribution in [0.15, 0.2) is 53.4 Å². The summed E-state index contributed by atoms with van der Waals surface area (Å²) in [7, 11) is 0. The highest BCUT2D eigenvalue weighted by Gasteiger charge is 2.33. The normalized spacial score (nSPS) is 15.1. The van der Waals surface area contributed by atoms with Gasteiger partial charge in [0.1, 0.15) is 0 Å². The molecular formula is C21H20ClN3O2S2. The molecule has 0 atom stereocenters. The minimum absolute atomic E-state index is 0.281. The van der Waals surface area contributed by atoms with Crippen molar-refractivity contribution in [3.05, 3.63) is 69.6 Å². The first kappa shape index (κ1) is 21.4. The number of halogens is 1. The van der Waals surface area contributed by atoms with Crippen molar-refractivity contribution in [2.24, 2.45) is 0 Å². The maximum atomic E-state index is 12.7. The number of thioether (sulfide) groups is 1. The molecule has 1 N–H and O–H groups in total. The average molecular weight is 446 g/mol. The third-order valence-electron chi connectivity index (χ3n) is 4.43. The Balaban J connectivity index is 1.72. The van der Waals surface area contributed by atoms with Gasteiger partial charge in [-0.2, -0.15) is 5.01 Å². The third-order valence-corrected chi connectivity index (χ3v) is 5.99. The number of amides is 2. The number of carbonyl (C=O) groups is 2. The van der Waals surface area contributed by atoms with Gasteiger partial charge in [0, 0.05) is 29.4 Å². The van der Waals surface area contributed by atoms with E-state index in [-0.39, 0.29) is 10.2 Å². The van der Waals surface area contributed by atoms with Gasteiger partial charge in [-0.1, -0.05) is 35.5 Å². The first-order valence-electron chi connectivity index (χ1n) is 9.12. The predicted molar refractivity (Wildman–Crippen MR) is 124 cm³/mol. The lowest BCUT2D eigenvalue weighted by Gasteiger charge is -2.20. The summed E-state index contributed by atoms with van der Waals surface area (Å²) < 4.78 is 0.281. The summed E-state index contributed by atoms with van der Waals surface area (Å²) in [6.45, 7) is 6.09. The molecule has 1 fully saturated rings. The molecule has 8 heteroatoms. The van der Waals surface area contributed by atoms with E-state index in [1.807, 2.05) is 24.3 Å². The summed E-state index contributed by atoms with van der Waals surface area (Å²) in [5, 5.41) is 1.63. The molecule has 3 rings (SSSR count). The molecule has 1 heterocycles. The molecular weight excluding hydrogens is 426 g/mol. The monoisotopic (exact) mass is 445 g/mol. The number of thiocarbonyl (C=S) groups is 1. The van der Waals surface area contributed by atoms with Crippen molar-refractivity contribution in [3.8, 4) is 0 Å². The topological polar surface area (TPSA) is 52.6 Å². The van der Waals surface area contributed by atoms with Crippen LogP contribution in [-0.2, 0) is 4.79 Å². The van der Waals surface area contributed by atoms with E-state index in [0.29, 0.717) is 15.5 Å². The van der Waals surface area contributed by atoms with E-state index in [0.717, 1.165) is 41.1 Å². The molecule has 1 aliphatic rings. The molecule has 0 bridgehead atoms. The molecule has 150 valence electrons. The van der Waals surface area contributed by atoms with Crippen LogP contribution in [0.2, 0.25) is 5.02 Å². The maximum absolute atomic E-state index is 12.7. The minimum Gasteiger partial charge on any atom is -0.372 e. The van der Waals surface area contributed by atoms with Crippen LogP contribution in [0, 0.1) is 0 Å². The van der Waals surface area contributed by atoms with E-state index in [2.05, 4.69) is 24.2 Å². The van der Waals surface area contributed by atoms with Crippen LogP contribution in [0.1, 0.15) is 29.8 Å². The van der Waals surface area contributed by atoms with Gasteiger partial charge < -0.3 is 4.90 Å². The van der Waals surface area contributed by atoms with E-state index in [1.54, 1.807) is 30.3 Å². The van der Waals surface area contributed by atoms with Crippen LogP contribution < -0.4 is 10.3 Å². The summed E-state index contributed by atoms with van der Waals surface area (Å²) in [4.78, 5) is 27.8. The second kappa shape index (κ2) is 9.43. The Labute approximate surface area is 184 Å². The van der Waals surface area contributed by atoms with Gasteiger partial charge >= 0.3 is 0 Å². The van der Waals surface area contributed by atoms with E-state index >= 15 is 0 Å². The number of hydrazine groups is 1. The molecule has 2 aromatic carbocycles. The number of carbonyl (C=O) groups excluding carboxylic acids is 2. The number of hydrogen-bond acceptors (Lipinski definition) is 5. The molecule has 2 amide bonds. The number of rotatable bonds is 6. The quantitative estimate of drug-likeness (QED) is 0.514. The Kier molecular flexibility index (Phi) is 6.95. The van der Waals surface area contributed by atoms with Crippen molar-refractivity contribution < 1.29 is 9.59 Å². The van der Waals surface area contributed by atoms with Crippen molar-refractivity contribution in [2.45, 2.75) is 13.8 Å². The van der Waals surface area contributed by atoms with E-state index < -0.39 is 5.91 Å². The van der Waals surface area contributed by atoms with Crippen molar-refractivity contribution in [2.75, 3.05) is 18.0 Å². The Hall–Kier alpha value is -2.35. The zero-order valence-electron chi connectivity index (χ0n) is 16.0. The van der Waals surface area contributed by atoms with E-state index in [4.69, 9.17) is 23.8 Å². The molecule has 0 aromatic heterocycles. The Bertz CT molecular complexity index is 955. The third kappa shape index (κ3) is 4.98. The molecule has 1 saturated heterocycles. The molecule has 29 heavy (non-hydrogen) atoms. The SMILES string of the molecule is CCN(CC)c1ccc(/C=C2/SC(=S)N(NC(=O)c3ccc(Cl)cc3)C2=O)cc1. The molecule has 0 radical (unpaired) electrons. The molecule has 5 nitrogen and oxygen atoms in total. The minimum atomic E-state index is -0.428. The fourth-order valence-corrected chi connectivity index (χ4v) is 4.16. The number of benzene rings is 2. The zero-order chi connectivity index (χ0) is 21.0. The van der Waals surface area contributed by atoms with Crippen molar-refractivity contribution in [1.82, 2.24) is 10.4 Å². The number of anilines is 1. The van der Waals surface area contributed by atoms with Gasteiger partial charge in [0.2, 0.25) is 0 Å². The Morgan fingerprint density at radius 1 is 1.14 bits per heavy atom. The van der Waals surface area contributed by atoms with Gasteiger partial charge in [0.05, 0.1) is 4.91 Å². The summed E-state index contributed by atoms with van der Waals surface area (Å²) in [5.41, 5.74) is 4.98. The Morgan fingerprint density at radius 2 is 1.76 bits per heavy atom. The van der Waals surface area contributed by atoms with Gasteiger partial charge in [0.25, 0.3) is 11.8 Å². The highest BCUT2D eigenvalue weighted by Crippen LogP contribution is 2.31. The smallest absolute Gasteiger partial charge is 0.285 e. The lowest BCUT2D eigenvalue weighted by atomic mass is 10.1. The first-order chi connectivity index (χ1) is 13.9. The lowest BCUT2D eigenvalue weighted by Crippen LogP contribution is -2.44. The largest absolute Gasteiger partial charge is 0.372 e. The van der Waals surface area contributed by atoms with Crippen LogP contribution >= 0.6 is 35.6 Å². The second-order valence-electron chi connectivity index (χ2n) is 6.23. The number of hydrogen-bond donors (Lipinski definition) is 1. The van der Waals surface area contributed by atoms with Gasteiger partial charge in [-0.15, -0.1) is 0 Å². The van der Waals surface area contributed by atoms with Crippen LogP contribution in [0.25, 0.3) is 6.08 Å². The van der Waals surface area contributed by atoms with Crippen molar-refractivity contribution >= 4 is 63.5 Å². The molecule has 0 saturated carbocycles. The van der Waals surface area contributed by atoms with Crippen LogP contribution in [-0.4, -0.2) is 34.2 Å². The molecule has 0 aliphatic carbocycles. The Morgan fingerprint density at radius 3 is 2.34 bits per heavy atom. The summed E-state index contributed by atoms with van der Waals surface area (Å²) >= 11 is 12.3. The van der Waals surface area contributed by atoms with Crippen molar-refractivity contribution in [1.29, 1.82) is 0 Å².